The van der Waals surface area contributed by atoms with E-state index in [0.29, 0.717) is 6.54 Å². The van der Waals surface area contributed by atoms with E-state index in [0.717, 1.165) is 6.42 Å². The topological polar surface area (TPSA) is 40.5 Å². The Morgan fingerprint density at radius 1 is 1.55 bits per heavy atom. The third kappa shape index (κ3) is 2.89. The third-order valence-electron chi connectivity index (χ3n) is 1.87. The zero-order chi connectivity index (χ0) is 8.85. The van der Waals surface area contributed by atoms with Gasteiger partial charge in [0, 0.05) is 13.5 Å². The number of aliphatic hydroxyl groups excluding tert-OH is 1. The van der Waals surface area contributed by atoms with Crippen molar-refractivity contribution in [3.8, 4) is 0 Å². The number of amides is 1. The minimum Gasteiger partial charge on any atom is -0.394 e. The molecule has 11 heavy (non-hydrogen) atoms. The van der Waals surface area contributed by atoms with Crippen molar-refractivity contribution in [3.05, 3.63) is 0 Å². The fourth-order valence-corrected chi connectivity index (χ4v) is 1.19. The van der Waals surface area contributed by atoms with E-state index in [2.05, 4.69) is 0 Å². The fraction of sp³-hybridized carbons (Fsp3) is 0.875. The predicted molar refractivity (Wildman–Crippen MR) is 44.2 cm³/mol. The van der Waals surface area contributed by atoms with Crippen LogP contribution in [-0.4, -0.2) is 35.1 Å². The molecule has 0 aromatic carbocycles. The number of hydrogen-bond acceptors (Lipinski definition) is 2. The molecule has 0 spiro atoms. The third-order valence-corrected chi connectivity index (χ3v) is 1.87. The van der Waals surface area contributed by atoms with Gasteiger partial charge in [-0.25, -0.2) is 0 Å². The minimum atomic E-state index is -0.00231. The van der Waals surface area contributed by atoms with Crippen LogP contribution in [0.15, 0.2) is 0 Å². The smallest absolute Gasteiger partial charge is 0.219 e. The molecule has 0 saturated heterocycles. The number of hydrogen-bond donors (Lipinski definition) is 1. The summed E-state index contributed by atoms with van der Waals surface area (Å²) in [6.45, 7) is 6.15. The quantitative estimate of drug-likeness (QED) is 0.653. The molecule has 66 valence electrons. The van der Waals surface area contributed by atoms with Gasteiger partial charge in [0.25, 0.3) is 0 Å². The van der Waals surface area contributed by atoms with E-state index in [1.165, 1.54) is 6.92 Å². The Bertz CT molecular complexity index is 121. The van der Waals surface area contributed by atoms with Crippen molar-refractivity contribution in [2.75, 3.05) is 13.2 Å². The Hall–Kier alpha value is -0.570. The zero-order valence-corrected chi connectivity index (χ0v) is 7.50. The summed E-state index contributed by atoms with van der Waals surface area (Å²) in [5.41, 5.74) is 0. The van der Waals surface area contributed by atoms with Crippen molar-refractivity contribution < 1.29 is 9.90 Å². The molecule has 0 heterocycles. The molecular formula is C8H17NO2. The van der Waals surface area contributed by atoms with Crippen molar-refractivity contribution >= 4 is 5.91 Å². The van der Waals surface area contributed by atoms with Crippen LogP contribution in [0.25, 0.3) is 0 Å². The summed E-state index contributed by atoms with van der Waals surface area (Å²) in [5, 5.41) is 8.88. The Labute approximate surface area is 68.0 Å². The average Bonchev–Trinajstić information content (AvgIpc) is 1.99. The summed E-state index contributed by atoms with van der Waals surface area (Å²) < 4.78 is 0. The maximum Gasteiger partial charge on any atom is 0.219 e. The van der Waals surface area contributed by atoms with E-state index >= 15 is 0 Å². The van der Waals surface area contributed by atoms with Gasteiger partial charge in [0.2, 0.25) is 5.91 Å². The number of carbonyl (C=O) groups excluding carboxylic acids is 1. The summed E-state index contributed by atoms with van der Waals surface area (Å²) in [6.07, 6.45) is 0.809. The number of likely N-dealkylation sites (N-methyl/N-ethyl adjacent to an activating group) is 1. The molecule has 0 fully saturated rings. The summed E-state index contributed by atoms with van der Waals surface area (Å²) in [7, 11) is 0. The Kier molecular flexibility index (Phi) is 4.86. The second-order valence-electron chi connectivity index (χ2n) is 2.55. The van der Waals surface area contributed by atoms with Crippen LogP contribution in [0.5, 0.6) is 0 Å². The number of nitrogens with zero attached hydrogens (tertiary/aromatic N) is 1. The molecule has 3 heteroatoms. The molecule has 0 aliphatic heterocycles. The molecule has 0 radical (unpaired) electrons. The second kappa shape index (κ2) is 5.13. The molecule has 1 atom stereocenters. The number of aliphatic hydroxyl groups is 1. The Morgan fingerprint density at radius 2 is 2.09 bits per heavy atom. The van der Waals surface area contributed by atoms with E-state index in [9.17, 15) is 4.79 Å². The first-order chi connectivity index (χ1) is 5.17. The highest BCUT2D eigenvalue weighted by Gasteiger charge is 2.15. The lowest BCUT2D eigenvalue weighted by atomic mass is 10.2. The summed E-state index contributed by atoms with van der Waals surface area (Å²) in [6, 6.07) is -0.00231. The van der Waals surface area contributed by atoms with Crippen LogP contribution in [-0.2, 0) is 4.79 Å². The lowest BCUT2D eigenvalue weighted by molar-refractivity contribution is -0.131. The van der Waals surface area contributed by atoms with Gasteiger partial charge in [0.15, 0.2) is 0 Å². The summed E-state index contributed by atoms with van der Waals surface area (Å²) >= 11 is 0. The van der Waals surface area contributed by atoms with Gasteiger partial charge in [0.1, 0.15) is 0 Å². The molecule has 0 bridgehead atoms. The molecule has 3 nitrogen and oxygen atoms in total. The van der Waals surface area contributed by atoms with Gasteiger partial charge >= 0.3 is 0 Å². The van der Waals surface area contributed by atoms with E-state index < -0.39 is 0 Å². The fourth-order valence-electron chi connectivity index (χ4n) is 1.19. The van der Waals surface area contributed by atoms with Gasteiger partial charge in [-0.2, -0.15) is 0 Å². The van der Waals surface area contributed by atoms with Crippen LogP contribution < -0.4 is 0 Å². The van der Waals surface area contributed by atoms with Gasteiger partial charge in [-0.1, -0.05) is 6.92 Å². The van der Waals surface area contributed by atoms with Gasteiger partial charge in [0.05, 0.1) is 12.6 Å². The maximum absolute atomic E-state index is 10.9. The molecule has 0 aromatic rings. The molecular weight excluding hydrogens is 142 g/mol. The molecule has 0 aromatic heterocycles. The molecule has 0 aliphatic carbocycles. The monoisotopic (exact) mass is 159 g/mol. The number of rotatable bonds is 4. The van der Waals surface area contributed by atoms with Gasteiger partial charge in [-0.15, -0.1) is 0 Å². The van der Waals surface area contributed by atoms with Crippen LogP contribution in [0.1, 0.15) is 27.2 Å². The first-order valence-electron chi connectivity index (χ1n) is 4.05. The van der Waals surface area contributed by atoms with Crippen LogP contribution >= 0.6 is 0 Å². The molecule has 1 amide bonds. The molecule has 1 N–H and O–H groups in total. The van der Waals surface area contributed by atoms with Gasteiger partial charge < -0.3 is 10.0 Å². The molecule has 0 saturated carbocycles. The average molecular weight is 159 g/mol. The van der Waals surface area contributed by atoms with E-state index in [1.807, 2.05) is 13.8 Å². The highest BCUT2D eigenvalue weighted by atomic mass is 16.3. The van der Waals surface area contributed by atoms with E-state index in [4.69, 9.17) is 5.11 Å². The lowest BCUT2D eigenvalue weighted by Gasteiger charge is -2.27. The normalized spacial score (nSPS) is 12.7. The predicted octanol–water partition coefficient (Wildman–Crippen LogP) is 0.626. The van der Waals surface area contributed by atoms with Crippen LogP contribution in [0, 0.1) is 0 Å². The Morgan fingerprint density at radius 3 is 2.18 bits per heavy atom. The summed E-state index contributed by atoms with van der Waals surface area (Å²) in [4.78, 5) is 12.6. The first-order valence-corrected chi connectivity index (χ1v) is 4.05. The Balaban J connectivity index is 4.09. The molecule has 0 rings (SSSR count). The van der Waals surface area contributed by atoms with Crippen LogP contribution in [0.4, 0.5) is 0 Å². The molecule has 1 unspecified atom stereocenters. The number of carbonyl (C=O) groups is 1. The highest BCUT2D eigenvalue weighted by molar-refractivity contribution is 5.73. The zero-order valence-electron chi connectivity index (χ0n) is 7.50. The van der Waals surface area contributed by atoms with E-state index in [1.54, 1.807) is 4.90 Å². The van der Waals surface area contributed by atoms with Crippen molar-refractivity contribution in [3.63, 3.8) is 0 Å². The minimum absolute atomic E-state index is 0.00231. The van der Waals surface area contributed by atoms with Crippen LogP contribution in [0.3, 0.4) is 0 Å². The van der Waals surface area contributed by atoms with Crippen molar-refractivity contribution in [1.82, 2.24) is 4.90 Å². The standard InChI is InChI=1S/C8H17NO2/c1-4-8(6-10)9(5-2)7(3)11/h8,10H,4-6H2,1-3H3. The van der Waals surface area contributed by atoms with Crippen LogP contribution in [0.2, 0.25) is 0 Å². The van der Waals surface area contributed by atoms with Gasteiger partial charge in [-0.3, -0.25) is 4.79 Å². The molecule has 0 aliphatic rings. The highest BCUT2D eigenvalue weighted by Crippen LogP contribution is 2.02. The largest absolute Gasteiger partial charge is 0.394 e. The second-order valence-corrected chi connectivity index (χ2v) is 2.55. The maximum atomic E-state index is 10.9. The van der Waals surface area contributed by atoms with Crippen molar-refractivity contribution in [1.29, 1.82) is 0 Å². The first kappa shape index (κ1) is 10.4. The summed E-state index contributed by atoms with van der Waals surface area (Å²) in [5.74, 6) is 0.0356. The van der Waals surface area contributed by atoms with Crippen molar-refractivity contribution in [2.45, 2.75) is 33.2 Å². The van der Waals surface area contributed by atoms with Gasteiger partial charge in [-0.05, 0) is 13.3 Å². The van der Waals surface area contributed by atoms with Crippen molar-refractivity contribution in [2.24, 2.45) is 0 Å². The SMILES string of the molecule is CCC(CO)N(CC)C(C)=O. The lowest BCUT2D eigenvalue weighted by Crippen LogP contribution is -2.40. The van der Waals surface area contributed by atoms with E-state index in [-0.39, 0.29) is 18.6 Å².